The third-order valence-electron chi connectivity index (χ3n) is 17.3. The lowest BCUT2D eigenvalue weighted by Crippen LogP contribution is -2.70. The molecule has 1 fully saturated rings. The van der Waals surface area contributed by atoms with Crippen LogP contribution in [0.15, 0.2) is 275 Å². The maximum atomic E-state index is 15.7. The van der Waals surface area contributed by atoms with Crippen LogP contribution in [0.5, 0.6) is 17.2 Å². The molecule has 23 heteroatoms. The number of aromatic nitrogens is 1. The van der Waals surface area contributed by atoms with Crippen molar-refractivity contribution in [2.75, 3.05) is 67.1 Å². The van der Waals surface area contributed by atoms with Gasteiger partial charge in [0.2, 0.25) is 17.5 Å². The van der Waals surface area contributed by atoms with Crippen LogP contribution in [0.25, 0.3) is 10.9 Å². The summed E-state index contributed by atoms with van der Waals surface area (Å²) in [5, 5.41) is 19.7. The Kier molecular flexibility index (Phi) is 25.0. The highest BCUT2D eigenvalue weighted by Crippen LogP contribution is 2.44. The number of rotatable bonds is 33. The molecule has 8 aromatic carbocycles. The Bertz CT molecular complexity index is 4540. The van der Waals surface area contributed by atoms with Gasteiger partial charge in [-0.1, -0.05) is 193 Å². The fourth-order valence-corrected chi connectivity index (χ4v) is 14.8. The summed E-state index contributed by atoms with van der Waals surface area (Å²) in [6.45, 7) is 0.400. The molecule has 0 spiro atoms. The van der Waals surface area contributed by atoms with Gasteiger partial charge in [0.15, 0.2) is 49.1 Å². The number of amides is 2. The number of methoxy groups -OCH3 is 3. The minimum absolute atomic E-state index is 0.0240. The van der Waals surface area contributed by atoms with E-state index in [2.05, 4.69) is 21.3 Å². The molecule has 21 nitrogen and oxygen atoms in total. The van der Waals surface area contributed by atoms with Crippen molar-refractivity contribution in [3.63, 3.8) is 0 Å². The number of nitriles is 1. The number of carbonyl (C=O) groups is 4. The molecule has 1 aromatic heterocycles. The van der Waals surface area contributed by atoms with E-state index in [1.807, 2.05) is 206 Å². The number of benzene rings is 8. The fraction of sp³-hybridized carbons (Fsp3) is 0.222. The molecular weight excluding hydrogens is 1360 g/mol. The number of para-hydroxylation sites is 1. The van der Waals surface area contributed by atoms with Crippen LogP contribution in [0.2, 0.25) is 0 Å². The van der Waals surface area contributed by atoms with Crippen molar-refractivity contribution in [2.24, 2.45) is 9.52 Å². The minimum Gasteiger partial charge on any atom is -0.497 e. The maximum Gasteiger partial charge on any atom is 0.355 e. The number of esters is 2. The van der Waals surface area contributed by atoms with E-state index in [1.54, 1.807) is 36.8 Å². The number of pyridine rings is 1. The molecule has 0 radical (unpaired) electrons. The van der Waals surface area contributed by atoms with Gasteiger partial charge < -0.3 is 53.3 Å². The van der Waals surface area contributed by atoms with Crippen molar-refractivity contribution in [2.45, 2.75) is 48.7 Å². The Morgan fingerprint density at radius 3 is 1.91 bits per heavy atom. The Labute approximate surface area is 609 Å². The molecule has 0 aliphatic carbocycles. The summed E-state index contributed by atoms with van der Waals surface area (Å²) in [4.78, 5) is 73.1. The van der Waals surface area contributed by atoms with E-state index in [4.69, 9.17) is 57.0 Å². The first-order chi connectivity index (χ1) is 51.1. The summed E-state index contributed by atoms with van der Waals surface area (Å²) in [7, 11) is 3.00. The van der Waals surface area contributed by atoms with Crippen molar-refractivity contribution in [3.8, 4) is 23.3 Å². The van der Waals surface area contributed by atoms with Gasteiger partial charge in [-0.15, -0.1) is 11.8 Å². The van der Waals surface area contributed by atoms with E-state index in [0.29, 0.717) is 40.3 Å². The molecule has 2 N–H and O–H groups in total. The second kappa shape index (κ2) is 35.7. The number of ether oxygens (including phenoxy) is 9. The van der Waals surface area contributed by atoms with Gasteiger partial charge in [-0.25, -0.2) is 19.4 Å². The molecular formula is C81H76N7O14S2+. The fourth-order valence-electron chi connectivity index (χ4n) is 12.2. The lowest BCUT2D eigenvalue weighted by atomic mass is 9.77. The molecule has 1 saturated heterocycles. The molecule has 3 aliphatic heterocycles. The monoisotopic (exact) mass is 1430 g/mol. The number of hydrogen-bond acceptors (Lipinski definition) is 19. The van der Waals surface area contributed by atoms with Crippen LogP contribution in [0.1, 0.15) is 63.1 Å². The van der Waals surface area contributed by atoms with Gasteiger partial charge >= 0.3 is 11.9 Å². The number of hydrogen-bond donors (Lipinski definition) is 2. The number of amidine groups is 1. The molecule has 4 heterocycles. The van der Waals surface area contributed by atoms with Crippen molar-refractivity contribution in [1.82, 2.24) is 15.5 Å². The van der Waals surface area contributed by atoms with E-state index in [1.165, 1.54) is 43.0 Å². The molecule has 3 unspecified atom stereocenters. The number of allylic oxidation sites excluding steroid dienone is 2. The first-order valence-corrected chi connectivity index (χ1v) is 35.8. The highest BCUT2D eigenvalue weighted by molar-refractivity contribution is 8.05. The summed E-state index contributed by atoms with van der Waals surface area (Å²) >= 11 is 1.41. The lowest BCUT2D eigenvalue weighted by molar-refractivity contribution is -0.661. The first kappa shape index (κ1) is 72.7. The van der Waals surface area contributed by atoms with E-state index < -0.39 is 70.4 Å². The predicted octanol–water partition coefficient (Wildman–Crippen LogP) is 12.0. The topological polar surface area (TPSA) is 240 Å². The van der Waals surface area contributed by atoms with Gasteiger partial charge in [-0.2, -0.15) is 9.83 Å². The molecule has 530 valence electrons. The Morgan fingerprint density at radius 1 is 0.721 bits per heavy atom. The van der Waals surface area contributed by atoms with Crippen molar-refractivity contribution in [1.29, 1.82) is 5.26 Å². The smallest absolute Gasteiger partial charge is 0.355 e. The molecule has 9 aromatic rings. The largest absolute Gasteiger partial charge is 0.497 e. The van der Waals surface area contributed by atoms with Crippen LogP contribution in [-0.4, -0.2) is 112 Å². The van der Waals surface area contributed by atoms with Gasteiger partial charge in [0.1, 0.15) is 41.1 Å². The molecule has 0 saturated carbocycles. The average Bonchev–Trinajstić information content (AvgIpc) is 0.977. The van der Waals surface area contributed by atoms with Crippen LogP contribution >= 0.6 is 11.8 Å². The Morgan fingerprint density at radius 2 is 1.31 bits per heavy atom. The average molecular weight is 1440 g/mol. The van der Waals surface area contributed by atoms with Crippen LogP contribution in [-0.2, 0) is 81.8 Å². The predicted molar refractivity (Wildman–Crippen MR) is 393 cm³/mol. The van der Waals surface area contributed by atoms with Gasteiger partial charge in [-0.3, -0.25) is 14.5 Å². The summed E-state index contributed by atoms with van der Waals surface area (Å²) < 4.78 is 59.5. The highest BCUT2D eigenvalue weighted by Gasteiger charge is 2.54. The molecule has 4 atom stereocenters. The highest BCUT2D eigenvalue weighted by atomic mass is 32.2. The van der Waals surface area contributed by atoms with Crippen LogP contribution < -0.4 is 29.4 Å². The molecule has 12 rings (SSSR count). The van der Waals surface area contributed by atoms with Gasteiger partial charge in [0, 0.05) is 59.2 Å². The van der Waals surface area contributed by atoms with Crippen molar-refractivity contribution in [3.05, 3.63) is 310 Å². The zero-order valence-corrected chi connectivity index (χ0v) is 59.0. The van der Waals surface area contributed by atoms with E-state index in [0.717, 1.165) is 27.6 Å². The van der Waals surface area contributed by atoms with E-state index >= 15 is 4.79 Å². The molecule has 104 heavy (non-hydrogen) atoms. The Hall–Kier alpha value is -11.1. The standard InChI is InChI=1S/C81H75N7O14S2/c1-93-45-47-96-54-99-73-60(50-82)39-42-67(74(73)100-55-97-48-46-94-2)75(79(92)101-72(58-24-9-4-10-25-58)59-26-11-5-12-27-59)102-86-104-53-65(83-80(104)85-81(62-30-13-6-14-31-62,63-32-15-7-16-33-63)64-34-17-8-18-35-64)49-69(89)84-70-76(90)88-71(78(91)98-51-56-37-40-66(95-3)41-38-56)61(52-103-77(70)88)29-22-44-87-43-21-28-57-23-19-20-36-68(57)87/h4-43,53,70,72,75,77H,44-49,51-52,54-55H2,1-3H3,(H-,83,84,85,89)/p+1/t70-,75?,77?,104?/m0/s1. The first-order valence-electron chi connectivity index (χ1n) is 33.5. The quantitative estimate of drug-likeness (QED) is 0.00739. The third-order valence-corrected chi connectivity index (χ3v) is 19.9. The number of nitrogens with zero attached hydrogens (tertiary/aromatic N) is 5. The Balaban J connectivity index is 0.912. The lowest BCUT2D eigenvalue weighted by Gasteiger charge is -2.49. The van der Waals surface area contributed by atoms with E-state index in [-0.39, 0.29) is 85.4 Å². The summed E-state index contributed by atoms with van der Waals surface area (Å²) in [6, 6.07) is 71.1. The van der Waals surface area contributed by atoms with Gasteiger partial charge in [-0.05, 0) is 75.4 Å². The molecule has 0 bridgehead atoms. The second-order valence-electron chi connectivity index (χ2n) is 23.9. The number of carbonyl (C=O) groups excluding carboxylic acids is 4. The van der Waals surface area contributed by atoms with E-state index in [9.17, 15) is 19.6 Å². The van der Waals surface area contributed by atoms with Crippen molar-refractivity contribution < 1.29 is 71.2 Å². The van der Waals surface area contributed by atoms with Gasteiger partial charge in [0.05, 0.1) is 51.2 Å². The second-order valence-corrected chi connectivity index (χ2v) is 26.4. The number of thioether (sulfide) groups is 1. The van der Waals surface area contributed by atoms with Crippen LogP contribution in [0.3, 0.4) is 0 Å². The number of nitrogens with one attached hydrogen (secondary N) is 2. The summed E-state index contributed by atoms with van der Waals surface area (Å²) in [5.74, 6) is -1.95. The minimum atomic E-state index is -1.79. The van der Waals surface area contributed by atoms with Crippen LogP contribution in [0, 0.1) is 11.3 Å². The number of fused-ring (bicyclic) bond motifs is 2. The summed E-state index contributed by atoms with van der Waals surface area (Å²) in [5.41, 5.74) is 5.22. The number of β-lactam (4-membered cyclic amide) rings is 1. The van der Waals surface area contributed by atoms with Gasteiger partial charge in [0.25, 0.3) is 5.91 Å². The SMILES string of the molecule is COCCOCOc1c(C#N)ccc(C(ON=S2C=C(CC(=O)N[C@H]3C(=O)N4C(C(=O)OCc5ccc(OC)cc5)=C(C=CC[n+]5cccc6ccccc65)CSC34)N=C2NC(c2ccccc2)(c2ccccc2)c2ccccc2)C(=O)OC(c2ccccc2)c2ccccc2)c1OCOCCOC. The zero-order valence-electron chi connectivity index (χ0n) is 57.3. The molecule has 3 aliphatic rings. The number of aliphatic imine (C=N–C) groups is 1. The zero-order chi connectivity index (χ0) is 72.0. The molecule has 2 amide bonds. The normalized spacial score (nSPS) is 15.9. The summed E-state index contributed by atoms with van der Waals surface area (Å²) in [6.07, 6.45) is 2.66. The third kappa shape index (κ3) is 17.2. The maximum absolute atomic E-state index is 15.7. The van der Waals surface area contributed by atoms with Crippen molar-refractivity contribution >= 4 is 62.3 Å². The van der Waals surface area contributed by atoms with Crippen LogP contribution in [0.4, 0.5) is 0 Å².